The van der Waals surface area contributed by atoms with Crippen molar-refractivity contribution in [3.8, 4) is 0 Å². The number of piperazine rings is 1. The Kier molecular flexibility index (Phi) is 4.57. The maximum Gasteiger partial charge on any atom is 0.274 e. The van der Waals surface area contributed by atoms with Crippen LogP contribution in [0.2, 0.25) is 0 Å². The Morgan fingerprint density at radius 2 is 1.87 bits per heavy atom. The smallest absolute Gasteiger partial charge is 0.274 e. The first-order valence-electron chi connectivity index (χ1n) is 10.2. The largest absolute Gasteiger partial charge is 0.368 e. The van der Waals surface area contributed by atoms with Crippen molar-refractivity contribution >= 4 is 22.5 Å². The van der Waals surface area contributed by atoms with Gasteiger partial charge in [0.1, 0.15) is 5.69 Å². The Hall–Kier alpha value is -3.49. The molecule has 1 aliphatic heterocycles. The number of nitrogens with one attached hydrogen (secondary N) is 1. The number of hydrogen-bond acceptors (Lipinski definition) is 6. The van der Waals surface area contributed by atoms with Crippen LogP contribution in [0, 0.1) is 5.92 Å². The normalized spacial score (nSPS) is 16.8. The molecular formula is C21H22N6O3. The molecule has 3 aromatic rings. The van der Waals surface area contributed by atoms with Crippen molar-refractivity contribution in [3.63, 3.8) is 0 Å². The predicted octanol–water partition coefficient (Wildman–Crippen LogP) is 0.852. The number of anilines is 1. The molecule has 0 spiro atoms. The van der Waals surface area contributed by atoms with Crippen molar-refractivity contribution in [1.82, 2.24) is 24.6 Å². The van der Waals surface area contributed by atoms with E-state index in [1.807, 2.05) is 18.2 Å². The summed E-state index contributed by atoms with van der Waals surface area (Å²) in [5, 5.41) is 6.75. The lowest BCUT2D eigenvalue weighted by Crippen LogP contribution is -2.49. The van der Waals surface area contributed by atoms with Crippen LogP contribution in [0.4, 0.5) is 5.69 Å². The highest BCUT2D eigenvalue weighted by molar-refractivity contribution is 5.92. The van der Waals surface area contributed by atoms with E-state index in [2.05, 4.69) is 20.1 Å². The van der Waals surface area contributed by atoms with Crippen LogP contribution >= 0.6 is 0 Å². The van der Waals surface area contributed by atoms with Gasteiger partial charge in [0.05, 0.1) is 17.2 Å². The second kappa shape index (κ2) is 7.40. The molecule has 0 atom stereocenters. The number of rotatable bonds is 4. The fourth-order valence-corrected chi connectivity index (χ4v) is 3.85. The van der Waals surface area contributed by atoms with Gasteiger partial charge in [-0.1, -0.05) is 0 Å². The minimum Gasteiger partial charge on any atom is -0.368 e. The summed E-state index contributed by atoms with van der Waals surface area (Å²) in [7, 11) is 0. The first-order valence-corrected chi connectivity index (χ1v) is 10.2. The van der Waals surface area contributed by atoms with Gasteiger partial charge >= 0.3 is 0 Å². The van der Waals surface area contributed by atoms with Crippen molar-refractivity contribution in [1.29, 1.82) is 0 Å². The van der Waals surface area contributed by atoms with E-state index in [9.17, 15) is 14.4 Å². The molecule has 1 amide bonds. The number of carbonyl (C=O) groups excluding carboxylic acids is 1. The van der Waals surface area contributed by atoms with E-state index in [1.54, 1.807) is 15.8 Å². The number of hydrogen-bond donors (Lipinski definition) is 1. The third-order valence-corrected chi connectivity index (χ3v) is 5.79. The summed E-state index contributed by atoms with van der Waals surface area (Å²) in [6, 6.07) is 8.49. The summed E-state index contributed by atoms with van der Waals surface area (Å²) in [4.78, 5) is 44.8. The summed E-state index contributed by atoms with van der Waals surface area (Å²) in [6.07, 6.45) is 4.03. The van der Waals surface area contributed by atoms with Gasteiger partial charge < -0.3 is 9.80 Å². The molecular weight excluding hydrogens is 384 g/mol. The van der Waals surface area contributed by atoms with E-state index in [0.29, 0.717) is 43.0 Å². The Morgan fingerprint density at radius 1 is 1.07 bits per heavy atom. The number of benzene rings is 1. The fraction of sp³-hybridized carbons (Fsp3) is 0.381. The number of carbonyl (C=O) groups is 1. The van der Waals surface area contributed by atoms with Gasteiger partial charge in [0.15, 0.2) is 0 Å². The average Bonchev–Trinajstić information content (AvgIpc) is 3.60. The molecule has 2 aromatic heterocycles. The molecule has 2 fully saturated rings. The molecule has 3 heterocycles. The van der Waals surface area contributed by atoms with Gasteiger partial charge in [-0.3, -0.25) is 19.0 Å². The third-order valence-electron chi connectivity index (χ3n) is 5.79. The number of nitrogens with zero attached hydrogens (tertiary/aromatic N) is 5. The van der Waals surface area contributed by atoms with Gasteiger partial charge in [-0.2, -0.15) is 5.10 Å². The SMILES string of the molecule is O=C(c1ccc(=O)[nH]n1)N1CCN(c2ccc3c(=O)n(CC4CC4)cnc3c2)CC1. The van der Waals surface area contributed by atoms with Gasteiger partial charge in [0.2, 0.25) is 0 Å². The van der Waals surface area contributed by atoms with E-state index in [4.69, 9.17) is 0 Å². The lowest BCUT2D eigenvalue weighted by atomic mass is 10.2. The lowest BCUT2D eigenvalue weighted by Gasteiger charge is -2.36. The molecule has 0 radical (unpaired) electrons. The lowest BCUT2D eigenvalue weighted by molar-refractivity contribution is 0.0739. The summed E-state index contributed by atoms with van der Waals surface area (Å²) >= 11 is 0. The average molecular weight is 406 g/mol. The molecule has 2 aliphatic rings. The molecule has 1 aliphatic carbocycles. The summed E-state index contributed by atoms with van der Waals surface area (Å²) in [6.45, 7) is 3.19. The molecule has 30 heavy (non-hydrogen) atoms. The van der Waals surface area contributed by atoms with E-state index in [-0.39, 0.29) is 22.7 Å². The van der Waals surface area contributed by atoms with Gasteiger partial charge in [-0.15, -0.1) is 0 Å². The minimum atomic E-state index is -0.333. The molecule has 1 aromatic carbocycles. The van der Waals surface area contributed by atoms with Crippen molar-refractivity contribution in [3.05, 3.63) is 63.1 Å². The van der Waals surface area contributed by atoms with Crippen LogP contribution in [0.15, 0.2) is 46.2 Å². The Labute approximate surface area is 172 Å². The van der Waals surface area contributed by atoms with Crippen LogP contribution in [0.1, 0.15) is 23.3 Å². The number of aromatic nitrogens is 4. The summed E-state index contributed by atoms with van der Waals surface area (Å²) in [5.41, 5.74) is 1.60. The van der Waals surface area contributed by atoms with Crippen molar-refractivity contribution in [2.24, 2.45) is 5.92 Å². The molecule has 9 heteroatoms. The maximum absolute atomic E-state index is 12.7. The van der Waals surface area contributed by atoms with Crippen LogP contribution in [0.5, 0.6) is 0 Å². The molecule has 0 bridgehead atoms. The maximum atomic E-state index is 12.7. The molecule has 1 N–H and O–H groups in total. The highest BCUT2D eigenvalue weighted by Crippen LogP contribution is 2.30. The quantitative estimate of drug-likeness (QED) is 0.689. The highest BCUT2D eigenvalue weighted by atomic mass is 16.2. The van der Waals surface area contributed by atoms with E-state index < -0.39 is 0 Å². The molecule has 1 saturated carbocycles. The molecule has 9 nitrogen and oxygen atoms in total. The molecule has 0 unspecified atom stereocenters. The standard InChI is InChI=1S/C21H22N6O3/c28-19-6-5-17(23-24-19)21(30)26-9-7-25(8-10-26)15-3-4-16-18(11-15)22-13-27(20(16)29)12-14-1-2-14/h3-6,11,13-14H,1-2,7-10,12H2,(H,24,28). The van der Waals surface area contributed by atoms with Crippen molar-refractivity contribution in [2.45, 2.75) is 19.4 Å². The van der Waals surface area contributed by atoms with Gasteiger partial charge in [-0.05, 0) is 43.0 Å². The highest BCUT2D eigenvalue weighted by Gasteiger charge is 2.24. The van der Waals surface area contributed by atoms with Crippen molar-refractivity contribution < 1.29 is 4.79 Å². The number of amides is 1. The molecule has 154 valence electrons. The zero-order chi connectivity index (χ0) is 20.7. The summed E-state index contributed by atoms with van der Waals surface area (Å²) in [5.74, 6) is 0.425. The Bertz CT molecular complexity index is 1200. The zero-order valence-electron chi connectivity index (χ0n) is 16.5. The zero-order valence-corrected chi connectivity index (χ0v) is 16.5. The van der Waals surface area contributed by atoms with Crippen LogP contribution in [-0.4, -0.2) is 56.7 Å². The number of aromatic amines is 1. The second-order valence-electron chi connectivity index (χ2n) is 7.93. The fourth-order valence-electron chi connectivity index (χ4n) is 3.85. The first kappa shape index (κ1) is 18.5. The third kappa shape index (κ3) is 3.58. The molecule has 5 rings (SSSR count). The second-order valence-corrected chi connectivity index (χ2v) is 7.93. The minimum absolute atomic E-state index is 0.0160. The monoisotopic (exact) mass is 406 g/mol. The van der Waals surface area contributed by atoms with Crippen LogP contribution in [0.3, 0.4) is 0 Å². The topological polar surface area (TPSA) is 104 Å². The number of fused-ring (bicyclic) bond motifs is 1. The number of H-pyrrole nitrogens is 1. The predicted molar refractivity (Wildman–Crippen MR) is 112 cm³/mol. The first-order chi connectivity index (χ1) is 14.6. The van der Waals surface area contributed by atoms with Crippen LogP contribution in [0.25, 0.3) is 10.9 Å². The molecule has 1 saturated heterocycles. The van der Waals surface area contributed by atoms with Gasteiger partial charge in [-0.25, -0.2) is 10.1 Å². The van der Waals surface area contributed by atoms with Gasteiger partial charge in [0, 0.05) is 44.5 Å². The van der Waals surface area contributed by atoms with E-state index >= 15 is 0 Å². The Balaban J connectivity index is 1.29. The van der Waals surface area contributed by atoms with Crippen LogP contribution < -0.4 is 16.0 Å². The summed E-state index contributed by atoms with van der Waals surface area (Å²) < 4.78 is 1.72. The van der Waals surface area contributed by atoms with Crippen molar-refractivity contribution in [2.75, 3.05) is 31.1 Å². The van der Waals surface area contributed by atoms with E-state index in [0.717, 1.165) is 12.2 Å². The Morgan fingerprint density at radius 3 is 2.57 bits per heavy atom. The van der Waals surface area contributed by atoms with E-state index in [1.165, 1.54) is 25.0 Å². The van der Waals surface area contributed by atoms with Crippen LogP contribution in [-0.2, 0) is 6.54 Å². The van der Waals surface area contributed by atoms with Gasteiger partial charge in [0.25, 0.3) is 17.0 Å².